The standard InChI is InChI=1S/C23H20N4O2/c1-16-8-2-3-9-17(16)14-27(15-18-10-6-7-13-24-18)23(29)21-19-11-4-5-12-20(19)22(28)26-25-21/h2-13H,14-15H2,1H3,(H,26,28). The van der Waals surface area contributed by atoms with Gasteiger partial charge in [-0.3, -0.25) is 14.6 Å². The fourth-order valence-electron chi connectivity index (χ4n) is 3.31. The molecule has 0 saturated carbocycles. The highest BCUT2D eigenvalue weighted by molar-refractivity contribution is 6.04. The monoisotopic (exact) mass is 384 g/mol. The van der Waals surface area contributed by atoms with Crippen molar-refractivity contribution in [1.82, 2.24) is 20.1 Å². The van der Waals surface area contributed by atoms with Crippen LogP contribution in [-0.2, 0) is 13.1 Å². The molecule has 1 N–H and O–H groups in total. The number of pyridine rings is 1. The largest absolute Gasteiger partial charge is 0.327 e. The molecular weight excluding hydrogens is 364 g/mol. The number of aryl methyl sites for hydroxylation is 1. The minimum atomic E-state index is -0.313. The van der Waals surface area contributed by atoms with Crippen molar-refractivity contribution in [3.05, 3.63) is 106 Å². The van der Waals surface area contributed by atoms with Gasteiger partial charge in [0.05, 0.1) is 17.6 Å². The molecule has 4 rings (SSSR count). The number of H-pyrrole nitrogens is 1. The average Bonchev–Trinajstić information content (AvgIpc) is 2.75. The summed E-state index contributed by atoms with van der Waals surface area (Å²) < 4.78 is 0. The lowest BCUT2D eigenvalue weighted by atomic mass is 10.1. The van der Waals surface area contributed by atoms with Crippen LogP contribution in [0.25, 0.3) is 10.8 Å². The Kier molecular flexibility index (Phi) is 5.16. The van der Waals surface area contributed by atoms with Crippen LogP contribution in [0.15, 0.2) is 77.7 Å². The molecule has 0 unspecified atom stereocenters. The SMILES string of the molecule is Cc1ccccc1CN(Cc1ccccn1)C(=O)c1n[nH]c(=O)c2ccccc12. The lowest BCUT2D eigenvalue weighted by Gasteiger charge is -2.23. The van der Waals surface area contributed by atoms with E-state index in [-0.39, 0.29) is 17.2 Å². The van der Waals surface area contributed by atoms with Gasteiger partial charge in [0.1, 0.15) is 0 Å². The highest BCUT2D eigenvalue weighted by Crippen LogP contribution is 2.19. The van der Waals surface area contributed by atoms with Crippen molar-refractivity contribution in [1.29, 1.82) is 0 Å². The first kappa shape index (κ1) is 18.6. The molecule has 144 valence electrons. The summed E-state index contributed by atoms with van der Waals surface area (Å²) >= 11 is 0. The van der Waals surface area contributed by atoms with Crippen LogP contribution in [0.5, 0.6) is 0 Å². The fourth-order valence-corrected chi connectivity index (χ4v) is 3.31. The van der Waals surface area contributed by atoms with Crippen molar-refractivity contribution in [2.24, 2.45) is 0 Å². The molecule has 0 aliphatic rings. The van der Waals surface area contributed by atoms with E-state index in [4.69, 9.17) is 0 Å². The number of hydrogen-bond donors (Lipinski definition) is 1. The molecule has 2 aromatic carbocycles. The van der Waals surface area contributed by atoms with E-state index in [0.717, 1.165) is 16.8 Å². The van der Waals surface area contributed by atoms with Gasteiger partial charge in [0, 0.05) is 18.1 Å². The summed E-state index contributed by atoms with van der Waals surface area (Å²) in [6.07, 6.45) is 1.71. The zero-order valence-electron chi connectivity index (χ0n) is 16.0. The van der Waals surface area contributed by atoms with Crippen LogP contribution in [0.2, 0.25) is 0 Å². The molecule has 0 saturated heterocycles. The van der Waals surface area contributed by atoms with E-state index in [1.54, 1.807) is 35.4 Å². The van der Waals surface area contributed by atoms with Crippen molar-refractivity contribution >= 4 is 16.7 Å². The van der Waals surface area contributed by atoms with Gasteiger partial charge in [-0.25, -0.2) is 5.10 Å². The normalized spacial score (nSPS) is 10.8. The Morgan fingerprint density at radius 2 is 1.66 bits per heavy atom. The molecule has 6 nitrogen and oxygen atoms in total. The molecule has 0 atom stereocenters. The molecule has 0 radical (unpaired) electrons. The maximum atomic E-state index is 13.5. The number of carbonyl (C=O) groups excluding carboxylic acids is 1. The van der Waals surface area contributed by atoms with E-state index >= 15 is 0 Å². The highest BCUT2D eigenvalue weighted by atomic mass is 16.2. The van der Waals surface area contributed by atoms with Gasteiger partial charge >= 0.3 is 0 Å². The molecular formula is C23H20N4O2. The number of carbonyl (C=O) groups is 1. The molecule has 0 aliphatic heterocycles. The molecule has 0 aliphatic carbocycles. The summed E-state index contributed by atoms with van der Waals surface area (Å²) in [6.45, 7) is 2.77. The number of rotatable bonds is 5. The van der Waals surface area contributed by atoms with Crippen LogP contribution in [0.1, 0.15) is 27.3 Å². The second-order valence-corrected chi connectivity index (χ2v) is 6.86. The van der Waals surface area contributed by atoms with E-state index in [9.17, 15) is 9.59 Å². The van der Waals surface area contributed by atoms with Crippen LogP contribution in [0.4, 0.5) is 0 Å². The van der Waals surface area contributed by atoms with Crippen LogP contribution in [0.3, 0.4) is 0 Å². The molecule has 2 heterocycles. The van der Waals surface area contributed by atoms with Gasteiger partial charge < -0.3 is 4.90 Å². The van der Waals surface area contributed by atoms with Gasteiger partial charge in [-0.1, -0.05) is 48.5 Å². The minimum absolute atomic E-state index is 0.227. The maximum Gasteiger partial charge on any atom is 0.275 e. The fraction of sp³-hybridized carbons (Fsp3) is 0.130. The Hall–Kier alpha value is -3.80. The van der Waals surface area contributed by atoms with Gasteiger partial charge in [-0.15, -0.1) is 0 Å². The smallest absolute Gasteiger partial charge is 0.275 e. The summed E-state index contributed by atoms with van der Waals surface area (Å²) in [5, 5.41) is 7.52. The Morgan fingerprint density at radius 1 is 0.931 bits per heavy atom. The third-order valence-corrected chi connectivity index (χ3v) is 4.89. The predicted octanol–water partition coefficient (Wildman–Crippen LogP) is 3.47. The van der Waals surface area contributed by atoms with Crippen molar-refractivity contribution in [2.75, 3.05) is 0 Å². The second kappa shape index (κ2) is 8.06. The minimum Gasteiger partial charge on any atom is -0.327 e. The summed E-state index contributed by atoms with van der Waals surface area (Å²) in [6, 6.07) is 20.6. The Morgan fingerprint density at radius 3 is 2.41 bits per heavy atom. The third-order valence-electron chi connectivity index (χ3n) is 4.89. The van der Waals surface area contributed by atoms with Gasteiger partial charge in [0.15, 0.2) is 5.69 Å². The number of aromatic nitrogens is 3. The maximum absolute atomic E-state index is 13.5. The van der Waals surface area contributed by atoms with E-state index in [2.05, 4.69) is 15.2 Å². The van der Waals surface area contributed by atoms with E-state index in [1.807, 2.05) is 49.4 Å². The third kappa shape index (κ3) is 3.91. The van der Waals surface area contributed by atoms with Gasteiger partial charge in [0.2, 0.25) is 0 Å². The quantitative estimate of drug-likeness (QED) is 0.571. The number of nitrogens with one attached hydrogen (secondary N) is 1. The predicted molar refractivity (Wildman–Crippen MR) is 111 cm³/mol. The molecule has 2 aromatic heterocycles. The van der Waals surface area contributed by atoms with E-state index in [1.165, 1.54) is 0 Å². The zero-order chi connectivity index (χ0) is 20.2. The van der Waals surface area contributed by atoms with Crippen LogP contribution in [-0.4, -0.2) is 26.0 Å². The molecule has 1 amide bonds. The summed E-state index contributed by atoms with van der Waals surface area (Å²) in [7, 11) is 0. The molecule has 0 spiro atoms. The number of amides is 1. The van der Waals surface area contributed by atoms with Gasteiger partial charge in [-0.2, -0.15) is 5.10 Å². The number of hydrogen-bond acceptors (Lipinski definition) is 4. The Balaban J connectivity index is 1.76. The molecule has 0 bridgehead atoms. The number of fused-ring (bicyclic) bond motifs is 1. The number of nitrogens with zero attached hydrogens (tertiary/aromatic N) is 3. The summed E-state index contributed by atoms with van der Waals surface area (Å²) in [4.78, 5) is 31.7. The van der Waals surface area contributed by atoms with Crippen LogP contribution < -0.4 is 5.56 Å². The van der Waals surface area contributed by atoms with Crippen LogP contribution >= 0.6 is 0 Å². The van der Waals surface area contributed by atoms with Gasteiger partial charge in [0.25, 0.3) is 11.5 Å². The van der Waals surface area contributed by atoms with Crippen molar-refractivity contribution in [2.45, 2.75) is 20.0 Å². The molecule has 0 fully saturated rings. The summed E-state index contributed by atoms with van der Waals surface area (Å²) in [5.41, 5.74) is 2.84. The molecule has 4 aromatic rings. The van der Waals surface area contributed by atoms with E-state index in [0.29, 0.717) is 23.9 Å². The highest BCUT2D eigenvalue weighted by Gasteiger charge is 2.22. The van der Waals surface area contributed by atoms with Crippen molar-refractivity contribution < 1.29 is 4.79 Å². The summed E-state index contributed by atoms with van der Waals surface area (Å²) in [5.74, 6) is -0.258. The average molecular weight is 384 g/mol. The first-order chi connectivity index (χ1) is 14.1. The number of benzene rings is 2. The van der Waals surface area contributed by atoms with E-state index < -0.39 is 0 Å². The van der Waals surface area contributed by atoms with Crippen molar-refractivity contribution in [3.63, 3.8) is 0 Å². The zero-order valence-corrected chi connectivity index (χ0v) is 16.0. The lowest BCUT2D eigenvalue weighted by Crippen LogP contribution is -2.32. The van der Waals surface area contributed by atoms with Gasteiger partial charge in [-0.05, 0) is 36.2 Å². The Labute approximate surface area is 167 Å². The first-order valence-corrected chi connectivity index (χ1v) is 9.34. The Bertz CT molecular complexity index is 1220. The second-order valence-electron chi connectivity index (χ2n) is 6.86. The van der Waals surface area contributed by atoms with Crippen molar-refractivity contribution in [3.8, 4) is 0 Å². The number of aromatic amines is 1. The van der Waals surface area contributed by atoms with Crippen LogP contribution in [0, 0.1) is 6.92 Å². The lowest BCUT2D eigenvalue weighted by molar-refractivity contribution is 0.0722. The first-order valence-electron chi connectivity index (χ1n) is 9.34. The molecule has 29 heavy (non-hydrogen) atoms. The topological polar surface area (TPSA) is 79.0 Å². The molecule has 6 heteroatoms.